The predicted octanol–water partition coefficient (Wildman–Crippen LogP) is 2.28. The molecule has 29 heavy (non-hydrogen) atoms. The van der Waals surface area contributed by atoms with E-state index in [0.717, 1.165) is 6.07 Å². The van der Waals surface area contributed by atoms with Crippen molar-refractivity contribution >= 4 is 27.7 Å². The number of rotatable bonds is 5. The van der Waals surface area contributed by atoms with Gasteiger partial charge < -0.3 is 4.90 Å². The highest BCUT2D eigenvalue weighted by atomic mass is 32.2. The molecule has 0 aliphatic carbocycles. The monoisotopic (exact) mass is 419 g/mol. The molecule has 0 radical (unpaired) electrons. The van der Waals surface area contributed by atoms with Crippen molar-refractivity contribution in [3.8, 4) is 0 Å². The molecular formula is C19H18FN3O5S. The van der Waals surface area contributed by atoms with Crippen molar-refractivity contribution < 1.29 is 22.5 Å². The van der Waals surface area contributed by atoms with E-state index in [-0.39, 0.29) is 42.7 Å². The first-order valence-corrected chi connectivity index (χ1v) is 10.2. The second-order valence-corrected chi connectivity index (χ2v) is 8.31. The van der Waals surface area contributed by atoms with Crippen LogP contribution in [0.1, 0.15) is 5.56 Å². The van der Waals surface area contributed by atoms with Crippen LogP contribution in [0.5, 0.6) is 0 Å². The van der Waals surface area contributed by atoms with E-state index in [0.29, 0.717) is 5.56 Å². The third kappa shape index (κ3) is 4.84. The molecule has 1 aliphatic rings. The maximum absolute atomic E-state index is 13.3. The molecule has 152 valence electrons. The maximum Gasteiger partial charge on any atom is 0.270 e. The summed E-state index contributed by atoms with van der Waals surface area (Å²) < 4.78 is 39.8. The van der Waals surface area contributed by atoms with E-state index >= 15 is 0 Å². The Morgan fingerprint density at radius 2 is 1.76 bits per heavy atom. The normalized spacial score (nSPS) is 15.6. The first-order chi connectivity index (χ1) is 13.8. The zero-order valence-corrected chi connectivity index (χ0v) is 16.1. The molecule has 1 heterocycles. The number of benzene rings is 2. The Bertz CT molecular complexity index is 1060. The molecule has 0 bridgehead atoms. The van der Waals surface area contributed by atoms with E-state index in [1.54, 1.807) is 6.07 Å². The molecule has 0 saturated carbocycles. The number of piperazine rings is 1. The molecular weight excluding hydrogens is 401 g/mol. The second-order valence-electron chi connectivity index (χ2n) is 6.37. The molecule has 1 fully saturated rings. The summed E-state index contributed by atoms with van der Waals surface area (Å²) in [6.45, 7) is 0.559. The largest absolute Gasteiger partial charge is 0.337 e. The first kappa shape index (κ1) is 20.6. The Morgan fingerprint density at radius 3 is 2.41 bits per heavy atom. The topological polar surface area (TPSA) is 101 Å². The van der Waals surface area contributed by atoms with E-state index in [9.17, 15) is 27.7 Å². The number of sulfonamides is 1. The number of carbonyl (C=O) groups is 1. The number of carbonyl (C=O) groups excluding carboxylic acids is 1. The number of nitro benzene ring substituents is 1. The van der Waals surface area contributed by atoms with Gasteiger partial charge in [-0.3, -0.25) is 14.9 Å². The van der Waals surface area contributed by atoms with Crippen molar-refractivity contribution in [2.75, 3.05) is 26.2 Å². The van der Waals surface area contributed by atoms with Crippen molar-refractivity contribution in [1.82, 2.24) is 9.21 Å². The van der Waals surface area contributed by atoms with E-state index in [4.69, 9.17) is 0 Å². The zero-order valence-electron chi connectivity index (χ0n) is 15.3. The number of nitrogens with zero attached hydrogens (tertiary/aromatic N) is 3. The van der Waals surface area contributed by atoms with E-state index < -0.39 is 20.8 Å². The van der Waals surface area contributed by atoms with Crippen LogP contribution in [0.2, 0.25) is 0 Å². The maximum atomic E-state index is 13.3. The molecule has 1 aliphatic heterocycles. The van der Waals surface area contributed by atoms with Crippen LogP contribution in [0.25, 0.3) is 6.08 Å². The summed E-state index contributed by atoms with van der Waals surface area (Å²) in [5.41, 5.74) is 0.440. The summed E-state index contributed by atoms with van der Waals surface area (Å²) in [5, 5.41) is 10.8. The van der Waals surface area contributed by atoms with Gasteiger partial charge in [0.25, 0.3) is 5.69 Å². The molecule has 2 aromatic carbocycles. The molecule has 3 rings (SSSR count). The molecule has 1 saturated heterocycles. The van der Waals surface area contributed by atoms with Crippen molar-refractivity contribution in [2.24, 2.45) is 0 Å². The molecule has 0 atom stereocenters. The fraction of sp³-hybridized carbons (Fsp3) is 0.211. The third-order valence-corrected chi connectivity index (χ3v) is 6.38. The lowest BCUT2D eigenvalue weighted by molar-refractivity contribution is -0.384. The van der Waals surface area contributed by atoms with Gasteiger partial charge >= 0.3 is 0 Å². The number of non-ortho nitro benzene ring substituents is 1. The lowest BCUT2D eigenvalue weighted by atomic mass is 10.2. The van der Waals surface area contributed by atoms with Gasteiger partial charge in [0.15, 0.2) is 0 Å². The summed E-state index contributed by atoms with van der Waals surface area (Å²) in [6.07, 6.45) is 2.78. The Balaban J connectivity index is 1.62. The van der Waals surface area contributed by atoms with Crippen LogP contribution in [-0.2, 0) is 14.8 Å². The lowest BCUT2D eigenvalue weighted by Gasteiger charge is -2.33. The molecule has 0 spiro atoms. The van der Waals surface area contributed by atoms with Gasteiger partial charge in [0.05, 0.1) is 9.82 Å². The highest BCUT2D eigenvalue weighted by Crippen LogP contribution is 2.19. The molecule has 2 aromatic rings. The van der Waals surface area contributed by atoms with Crippen LogP contribution in [0.15, 0.2) is 59.5 Å². The average Bonchev–Trinajstić information content (AvgIpc) is 2.72. The highest BCUT2D eigenvalue weighted by Gasteiger charge is 2.29. The van der Waals surface area contributed by atoms with Crippen molar-refractivity contribution in [1.29, 1.82) is 0 Å². The van der Waals surface area contributed by atoms with Crippen LogP contribution >= 0.6 is 0 Å². The minimum Gasteiger partial charge on any atom is -0.337 e. The number of nitro groups is 1. The van der Waals surface area contributed by atoms with Gasteiger partial charge in [-0.2, -0.15) is 4.31 Å². The molecule has 0 unspecified atom stereocenters. The van der Waals surface area contributed by atoms with Crippen LogP contribution < -0.4 is 0 Å². The minimum atomic E-state index is -3.83. The number of halogens is 1. The molecule has 0 N–H and O–H groups in total. The van der Waals surface area contributed by atoms with Crippen LogP contribution in [-0.4, -0.2) is 54.6 Å². The van der Waals surface area contributed by atoms with Crippen LogP contribution in [0.3, 0.4) is 0 Å². The summed E-state index contributed by atoms with van der Waals surface area (Å²) in [4.78, 5) is 24.0. The zero-order chi connectivity index (χ0) is 21.0. The van der Waals surface area contributed by atoms with E-state index in [2.05, 4.69) is 0 Å². The van der Waals surface area contributed by atoms with E-state index in [1.807, 2.05) is 0 Å². The standard InChI is InChI=1S/C19H18FN3O5S/c20-16-4-2-6-18(14-16)29(27,28)22-11-9-21(10-12-22)19(24)8-7-15-3-1-5-17(13-15)23(25)26/h1-8,13-14H,9-12H2. The van der Waals surface area contributed by atoms with Crippen LogP contribution in [0, 0.1) is 15.9 Å². The SMILES string of the molecule is O=C(C=Cc1cccc([N+](=O)[O-])c1)N1CCN(S(=O)(=O)c2cccc(F)c2)CC1. The number of hydrogen-bond acceptors (Lipinski definition) is 5. The fourth-order valence-electron chi connectivity index (χ4n) is 2.94. The second kappa shape index (κ2) is 8.50. The summed E-state index contributed by atoms with van der Waals surface area (Å²) >= 11 is 0. The summed E-state index contributed by atoms with van der Waals surface area (Å²) in [7, 11) is -3.83. The average molecular weight is 419 g/mol. The Morgan fingerprint density at radius 1 is 1.07 bits per heavy atom. The van der Waals surface area contributed by atoms with Crippen LogP contribution in [0.4, 0.5) is 10.1 Å². The predicted molar refractivity (Wildman–Crippen MR) is 104 cm³/mol. The van der Waals surface area contributed by atoms with Gasteiger partial charge in [-0.25, -0.2) is 12.8 Å². The highest BCUT2D eigenvalue weighted by molar-refractivity contribution is 7.89. The van der Waals surface area contributed by atoms with Crippen molar-refractivity contribution in [3.63, 3.8) is 0 Å². The fourth-order valence-corrected chi connectivity index (χ4v) is 4.39. The van der Waals surface area contributed by atoms with Gasteiger partial charge in [-0.05, 0) is 29.8 Å². The quantitative estimate of drug-likeness (QED) is 0.420. The number of hydrogen-bond donors (Lipinski definition) is 0. The van der Waals surface area contributed by atoms with Gasteiger partial charge in [0.1, 0.15) is 5.82 Å². The molecule has 8 nitrogen and oxygen atoms in total. The Hall–Kier alpha value is -3.11. The number of amides is 1. The summed E-state index contributed by atoms with van der Waals surface area (Å²) in [6, 6.07) is 10.7. The Kier molecular flexibility index (Phi) is 6.04. The Labute approximate surface area is 167 Å². The summed E-state index contributed by atoms with van der Waals surface area (Å²) in [5.74, 6) is -0.953. The molecule has 1 amide bonds. The van der Waals surface area contributed by atoms with Gasteiger partial charge in [0, 0.05) is 44.4 Å². The van der Waals surface area contributed by atoms with Gasteiger partial charge in [-0.1, -0.05) is 18.2 Å². The first-order valence-electron chi connectivity index (χ1n) is 8.74. The van der Waals surface area contributed by atoms with E-state index in [1.165, 1.54) is 57.8 Å². The minimum absolute atomic E-state index is 0.0734. The molecule has 10 heteroatoms. The lowest BCUT2D eigenvalue weighted by Crippen LogP contribution is -2.50. The van der Waals surface area contributed by atoms with Crippen molar-refractivity contribution in [3.05, 3.63) is 76.1 Å². The van der Waals surface area contributed by atoms with Gasteiger partial charge in [0.2, 0.25) is 15.9 Å². The third-order valence-electron chi connectivity index (χ3n) is 4.48. The van der Waals surface area contributed by atoms with Crippen molar-refractivity contribution in [2.45, 2.75) is 4.90 Å². The smallest absolute Gasteiger partial charge is 0.270 e. The molecule has 0 aromatic heterocycles. The van der Waals surface area contributed by atoms with Gasteiger partial charge in [-0.15, -0.1) is 0 Å².